The van der Waals surface area contributed by atoms with Crippen molar-refractivity contribution in [1.29, 1.82) is 0 Å². The molecule has 1 N–H and O–H groups in total. The Morgan fingerprint density at radius 2 is 2.25 bits per heavy atom. The van der Waals surface area contributed by atoms with Gasteiger partial charge in [0.25, 0.3) is 0 Å². The molecule has 0 aromatic heterocycles. The van der Waals surface area contributed by atoms with Crippen molar-refractivity contribution in [2.75, 3.05) is 20.6 Å². The normalized spacial score (nSPS) is 14.0. The van der Waals surface area contributed by atoms with E-state index in [0.29, 0.717) is 12.8 Å². The Morgan fingerprint density at radius 1 is 1.75 bits per heavy atom. The van der Waals surface area contributed by atoms with Gasteiger partial charge < -0.3 is 14.8 Å². The van der Waals surface area contributed by atoms with E-state index in [1.807, 2.05) is 0 Å². The molecule has 0 aliphatic carbocycles. The highest BCUT2D eigenvalue weighted by molar-refractivity contribution is 5.55. The van der Waals surface area contributed by atoms with Crippen molar-refractivity contribution in [2.45, 2.75) is 6.10 Å². The molecule has 0 saturated heterocycles. The molecule has 0 saturated carbocycles. The third-order valence-corrected chi connectivity index (χ3v) is 0.709. The van der Waals surface area contributed by atoms with Crippen molar-refractivity contribution in [1.82, 2.24) is 4.90 Å². The Bertz CT molecular complexity index is 72.8. The Morgan fingerprint density at radius 3 is 2.38 bits per heavy atom. The second-order valence-corrected chi connectivity index (χ2v) is 1.97. The van der Waals surface area contributed by atoms with Crippen LogP contribution in [-0.4, -0.2) is 43.0 Å². The molecule has 3 nitrogen and oxygen atoms in total. The van der Waals surface area contributed by atoms with Crippen LogP contribution in [0.3, 0.4) is 0 Å². The van der Waals surface area contributed by atoms with Crippen LogP contribution < -0.4 is 0 Å². The molecular weight excluding hydrogens is 106 g/mol. The number of nitrogens with zero attached hydrogens (tertiary/aromatic N) is 1. The van der Waals surface area contributed by atoms with E-state index < -0.39 is 6.10 Å². The number of carbonyl (C=O) groups is 1. The molecule has 0 aliphatic heterocycles. The van der Waals surface area contributed by atoms with Crippen LogP contribution in [0.2, 0.25) is 0 Å². The molecule has 0 aliphatic rings. The largest absolute Gasteiger partial charge is 0.384 e. The van der Waals surface area contributed by atoms with Gasteiger partial charge in [-0.1, -0.05) is 0 Å². The molecule has 0 spiro atoms. The highest BCUT2D eigenvalue weighted by atomic mass is 16.3. The Balaban J connectivity index is 3.23. The highest BCUT2D eigenvalue weighted by Crippen LogP contribution is 1.78. The molecule has 3 heteroatoms. The summed E-state index contributed by atoms with van der Waals surface area (Å²) in [5.74, 6) is 0. The van der Waals surface area contributed by atoms with Gasteiger partial charge in [0, 0.05) is 6.54 Å². The van der Waals surface area contributed by atoms with Gasteiger partial charge in [-0.2, -0.15) is 0 Å². The molecule has 0 fully saturated rings. The molecule has 0 aromatic rings. The third kappa shape index (κ3) is 3.77. The number of aliphatic hydroxyl groups excluding tert-OH is 1. The molecule has 48 valence electrons. The van der Waals surface area contributed by atoms with Crippen LogP contribution in [0, 0.1) is 0 Å². The average molecular weight is 117 g/mol. The van der Waals surface area contributed by atoms with E-state index in [0.717, 1.165) is 0 Å². The summed E-state index contributed by atoms with van der Waals surface area (Å²) in [7, 11) is 3.60. The summed E-state index contributed by atoms with van der Waals surface area (Å²) in [6.07, 6.45) is -0.301. The molecule has 0 bridgehead atoms. The summed E-state index contributed by atoms with van der Waals surface area (Å²) in [6, 6.07) is 0. The fraction of sp³-hybridized carbons (Fsp3) is 0.800. The van der Waals surface area contributed by atoms with Crippen LogP contribution in [-0.2, 0) is 4.79 Å². The second kappa shape index (κ2) is 3.57. The topological polar surface area (TPSA) is 40.5 Å². The first kappa shape index (κ1) is 7.59. The molecule has 0 amide bonds. The summed E-state index contributed by atoms with van der Waals surface area (Å²) in [6.45, 7) is 0.406. The van der Waals surface area contributed by atoms with E-state index in [1.165, 1.54) is 0 Å². The zero-order chi connectivity index (χ0) is 6.57. The van der Waals surface area contributed by atoms with Crippen LogP contribution in [0.25, 0.3) is 0 Å². The van der Waals surface area contributed by atoms with Crippen LogP contribution in [0.1, 0.15) is 0 Å². The van der Waals surface area contributed by atoms with Gasteiger partial charge in [0.05, 0.1) is 0 Å². The fourth-order valence-corrected chi connectivity index (χ4v) is 0.417. The van der Waals surface area contributed by atoms with Crippen molar-refractivity contribution >= 4 is 6.29 Å². The molecule has 8 heavy (non-hydrogen) atoms. The van der Waals surface area contributed by atoms with E-state index in [2.05, 4.69) is 0 Å². The lowest BCUT2D eigenvalue weighted by molar-refractivity contribution is -0.115. The number of hydrogen-bond donors (Lipinski definition) is 1. The van der Waals surface area contributed by atoms with Crippen molar-refractivity contribution in [3.63, 3.8) is 0 Å². The lowest BCUT2D eigenvalue weighted by Crippen LogP contribution is -2.26. The van der Waals surface area contributed by atoms with Crippen molar-refractivity contribution in [2.24, 2.45) is 0 Å². The lowest BCUT2D eigenvalue weighted by Gasteiger charge is -2.09. The monoisotopic (exact) mass is 117 g/mol. The summed E-state index contributed by atoms with van der Waals surface area (Å²) >= 11 is 0. The van der Waals surface area contributed by atoms with Gasteiger partial charge in [-0.05, 0) is 14.1 Å². The smallest absolute Gasteiger partial charge is 0.149 e. The van der Waals surface area contributed by atoms with E-state index >= 15 is 0 Å². The predicted octanol–water partition coefficient (Wildman–Crippen LogP) is -0.892. The van der Waals surface area contributed by atoms with Gasteiger partial charge >= 0.3 is 0 Å². The Labute approximate surface area is 48.9 Å². The summed E-state index contributed by atoms with van der Waals surface area (Å²) < 4.78 is 0. The lowest BCUT2D eigenvalue weighted by atomic mass is 10.4. The molecular formula is C5H11NO2. The van der Waals surface area contributed by atoms with Crippen LogP contribution >= 0.6 is 0 Å². The number of rotatable bonds is 3. The zero-order valence-electron chi connectivity index (χ0n) is 5.16. The maximum atomic E-state index is 9.76. The third-order valence-electron chi connectivity index (χ3n) is 0.709. The molecule has 0 heterocycles. The quantitative estimate of drug-likeness (QED) is 0.487. The molecule has 0 aromatic carbocycles. The van der Waals surface area contributed by atoms with Gasteiger partial charge in [0.15, 0.2) is 0 Å². The molecule has 0 radical (unpaired) electrons. The highest BCUT2D eigenvalue weighted by Gasteiger charge is 2.00. The minimum absolute atomic E-state index is 0.406. The first-order valence-electron chi connectivity index (χ1n) is 2.45. The SMILES string of the molecule is CN(C)CC(O)C=O. The number of likely N-dealkylation sites (N-methyl/N-ethyl adjacent to an activating group) is 1. The minimum Gasteiger partial charge on any atom is -0.384 e. The Hall–Kier alpha value is -0.410. The van der Waals surface area contributed by atoms with Crippen molar-refractivity contribution in [3.8, 4) is 0 Å². The summed E-state index contributed by atoms with van der Waals surface area (Å²) in [5.41, 5.74) is 0. The van der Waals surface area contributed by atoms with Gasteiger partial charge in [-0.3, -0.25) is 0 Å². The zero-order valence-corrected chi connectivity index (χ0v) is 5.16. The molecule has 1 atom stereocenters. The Kier molecular flexibility index (Phi) is 3.39. The van der Waals surface area contributed by atoms with Crippen LogP contribution in [0.15, 0.2) is 0 Å². The summed E-state index contributed by atoms with van der Waals surface area (Å²) in [4.78, 5) is 11.5. The van der Waals surface area contributed by atoms with E-state index in [9.17, 15) is 4.79 Å². The van der Waals surface area contributed by atoms with E-state index in [-0.39, 0.29) is 0 Å². The maximum Gasteiger partial charge on any atom is 0.149 e. The minimum atomic E-state index is -0.829. The van der Waals surface area contributed by atoms with E-state index in [4.69, 9.17) is 5.11 Å². The maximum absolute atomic E-state index is 9.76. The summed E-state index contributed by atoms with van der Waals surface area (Å²) in [5, 5.41) is 8.62. The van der Waals surface area contributed by atoms with E-state index in [1.54, 1.807) is 19.0 Å². The van der Waals surface area contributed by atoms with Crippen molar-refractivity contribution in [3.05, 3.63) is 0 Å². The number of hydrogen-bond acceptors (Lipinski definition) is 3. The standard InChI is InChI=1S/C5H11NO2/c1-6(2)3-5(8)4-7/h4-5,8H,3H2,1-2H3. The average Bonchev–Trinajstić information content (AvgIpc) is 1.65. The second-order valence-electron chi connectivity index (χ2n) is 1.97. The predicted molar refractivity (Wildman–Crippen MR) is 30.6 cm³/mol. The fourth-order valence-electron chi connectivity index (χ4n) is 0.417. The van der Waals surface area contributed by atoms with Gasteiger partial charge in [-0.15, -0.1) is 0 Å². The van der Waals surface area contributed by atoms with Crippen LogP contribution in [0.5, 0.6) is 0 Å². The van der Waals surface area contributed by atoms with Crippen molar-refractivity contribution < 1.29 is 9.90 Å². The van der Waals surface area contributed by atoms with Gasteiger partial charge in [0.1, 0.15) is 12.4 Å². The number of aldehydes is 1. The van der Waals surface area contributed by atoms with Gasteiger partial charge in [0.2, 0.25) is 0 Å². The first-order chi connectivity index (χ1) is 3.66. The van der Waals surface area contributed by atoms with Crippen LogP contribution in [0.4, 0.5) is 0 Å². The molecule has 0 rings (SSSR count). The number of carbonyl (C=O) groups excluding carboxylic acids is 1. The molecule has 1 unspecified atom stereocenters. The first-order valence-corrected chi connectivity index (χ1v) is 2.45. The number of aliphatic hydroxyl groups is 1. The van der Waals surface area contributed by atoms with Gasteiger partial charge in [-0.25, -0.2) is 0 Å².